The number of aromatic hydroxyl groups is 1. The second-order valence-corrected chi connectivity index (χ2v) is 14.2. The molecule has 3 aromatic carbocycles. The van der Waals surface area contributed by atoms with E-state index in [1.165, 1.54) is 55.5 Å². The number of benzene rings is 3. The molecule has 1 aliphatic rings. The zero-order valence-corrected chi connectivity index (χ0v) is 29.7. The average molecular weight is 714 g/mol. The number of amides is 3. The monoisotopic (exact) mass is 713 g/mol. The number of fused-ring (bicyclic) bond motifs is 1. The number of thioether (sulfide) groups is 1. The highest BCUT2D eigenvalue weighted by molar-refractivity contribution is 8.00. The van der Waals surface area contributed by atoms with Crippen LogP contribution < -0.4 is 20.7 Å². The van der Waals surface area contributed by atoms with E-state index in [9.17, 15) is 24.3 Å². The van der Waals surface area contributed by atoms with Crippen molar-refractivity contribution in [3.05, 3.63) is 106 Å². The molecule has 5 rings (SSSR count). The van der Waals surface area contributed by atoms with E-state index in [2.05, 4.69) is 16.0 Å². The first-order chi connectivity index (χ1) is 24.2. The minimum atomic E-state index is -0.596. The van der Waals surface area contributed by atoms with E-state index in [0.717, 1.165) is 53.9 Å². The third-order valence-electron chi connectivity index (χ3n) is 8.12. The maximum absolute atomic E-state index is 13.6. The van der Waals surface area contributed by atoms with Gasteiger partial charge in [0.2, 0.25) is 5.91 Å². The predicted octanol–water partition coefficient (Wildman–Crippen LogP) is 7.44. The summed E-state index contributed by atoms with van der Waals surface area (Å²) in [4.78, 5) is 54.8. The molecular weight excluding hydrogens is 675 g/mol. The van der Waals surface area contributed by atoms with Gasteiger partial charge in [0.1, 0.15) is 22.2 Å². The molecule has 1 aromatic heterocycles. The number of hydrogen-bond acceptors (Lipinski definition) is 9. The van der Waals surface area contributed by atoms with Crippen LogP contribution in [0.4, 0.5) is 10.7 Å². The highest BCUT2D eigenvalue weighted by Gasteiger charge is 2.27. The molecule has 1 unspecified atom stereocenters. The van der Waals surface area contributed by atoms with Crippen LogP contribution in [-0.4, -0.2) is 48.3 Å². The van der Waals surface area contributed by atoms with Crippen LogP contribution in [0.2, 0.25) is 0 Å². The van der Waals surface area contributed by atoms with Crippen molar-refractivity contribution in [1.82, 2.24) is 5.32 Å². The highest BCUT2D eigenvalue weighted by Crippen LogP contribution is 2.38. The van der Waals surface area contributed by atoms with Gasteiger partial charge in [0.05, 0.1) is 25.0 Å². The molecule has 1 aliphatic carbocycles. The van der Waals surface area contributed by atoms with Crippen LogP contribution >= 0.6 is 23.1 Å². The van der Waals surface area contributed by atoms with E-state index in [1.807, 2.05) is 6.07 Å². The van der Waals surface area contributed by atoms with Crippen molar-refractivity contribution in [3.63, 3.8) is 0 Å². The van der Waals surface area contributed by atoms with E-state index in [0.29, 0.717) is 33.1 Å². The van der Waals surface area contributed by atoms with Gasteiger partial charge in [0, 0.05) is 32.7 Å². The molecule has 1 heterocycles. The summed E-state index contributed by atoms with van der Waals surface area (Å²) < 4.78 is 10.5. The predicted molar refractivity (Wildman–Crippen MR) is 197 cm³/mol. The van der Waals surface area contributed by atoms with Crippen LogP contribution in [0, 0.1) is 0 Å². The van der Waals surface area contributed by atoms with Crippen LogP contribution in [0.5, 0.6) is 11.5 Å². The first-order valence-electron chi connectivity index (χ1n) is 16.2. The van der Waals surface area contributed by atoms with Gasteiger partial charge in [-0.3, -0.25) is 14.4 Å². The number of phenols is 1. The Bertz CT molecular complexity index is 1910. The quantitative estimate of drug-likeness (QED) is 0.0714. The molecule has 0 saturated heterocycles. The van der Waals surface area contributed by atoms with Gasteiger partial charge in [-0.1, -0.05) is 37.1 Å². The third kappa shape index (κ3) is 9.13. The normalized spacial score (nSPS) is 13.5. The Morgan fingerprint density at radius 2 is 1.66 bits per heavy atom. The Morgan fingerprint density at radius 3 is 2.40 bits per heavy atom. The Balaban J connectivity index is 1.32. The molecule has 4 N–H and O–H groups in total. The number of ether oxygens (including phenoxy) is 2. The third-order valence-corrected chi connectivity index (χ3v) is 10.4. The summed E-state index contributed by atoms with van der Waals surface area (Å²) in [5, 5.41) is 18.4. The summed E-state index contributed by atoms with van der Waals surface area (Å²) in [5.41, 5.74) is 2.65. The van der Waals surface area contributed by atoms with Gasteiger partial charge in [-0.25, -0.2) is 4.79 Å². The van der Waals surface area contributed by atoms with Gasteiger partial charge in [-0.05, 0) is 86.7 Å². The SMILES string of the molecule is COC(=O)c1c(NC(=O)C(C)Sc2cccc(NC(=O)/C(=C\c3ccc(O)cc3OC)NC(=O)c3ccccc3)c2)sc2c1CCCCCC2. The minimum Gasteiger partial charge on any atom is -0.508 e. The average Bonchev–Trinajstić information content (AvgIpc) is 3.43. The number of methoxy groups -OCH3 is 2. The van der Waals surface area contributed by atoms with Gasteiger partial charge in [0.15, 0.2) is 0 Å². The molecule has 0 bridgehead atoms. The zero-order chi connectivity index (χ0) is 35.6. The molecule has 1 atom stereocenters. The van der Waals surface area contributed by atoms with Crippen molar-refractivity contribution in [3.8, 4) is 11.5 Å². The fraction of sp³-hybridized carbons (Fsp3) is 0.263. The van der Waals surface area contributed by atoms with E-state index in [-0.39, 0.29) is 17.4 Å². The molecule has 3 amide bonds. The molecular formula is C38H39N3O7S2. The van der Waals surface area contributed by atoms with Crippen LogP contribution in [0.25, 0.3) is 6.08 Å². The fourth-order valence-corrected chi connectivity index (χ4v) is 7.77. The smallest absolute Gasteiger partial charge is 0.341 e. The lowest BCUT2D eigenvalue weighted by Gasteiger charge is -2.15. The van der Waals surface area contributed by atoms with Crippen LogP contribution in [0.15, 0.2) is 83.4 Å². The standard InChI is InChI=1S/C38H39N3O7S2/c1-23(34(43)41-37-33(38(46)48-3)29-16-9-4-5-10-17-32(29)50-37)49-28-15-11-14-26(21-28)39-36(45)30(40-35(44)24-12-7-6-8-13-24)20-25-18-19-27(42)22-31(25)47-2/h6-8,11-15,18-23,42H,4-5,9-10,16-17H2,1-3H3,(H,39,45)(H,40,44)(H,41,43)/b30-20+. The Kier molecular flexibility index (Phi) is 12.3. The number of aryl methyl sites for hydroxylation is 1. The lowest BCUT2D eigenvalue weighted by Crippen LogP contribution is -2.30. The molecule has 260 valence electrons. The second-order valence-electron chi connectivity index (χ2n) is 11.6. The Hall–Kier alpha value is -5.07. The van der Waals surface area contributed by atoms with Crippen molar-refractivity contribution in [2.45, 2.75) is 55.6 Å². The van der Waals surface area contributed by atoms with Crippen LogP contribution in [0.1, 0.15) is 69.3 Å². The highest BCUT2D eigenvalue weighted by atomic mass is 32.2. The Labute approximate surface area is 299 Å². The number of rotatable bonds is 11. The molecule has 0 radical (unpaired) electrons. The lowest BCUT2D eigenvalue weighted by atomic mass is 9.96. The number of carbonyl (C=O) groups is 4. The number of carbonyl (C=O) groups excluding carboxylic acids is 4. The summed E-state index contributed by atoms with van der Waals surface area (Å²) in [6.45, 7) is 1.78. The maximum Gasteiger partial charge on any atom is 0.341 e. The summed E-state index contributed by atoms with van der Waals surface area (Å²) in [6.07, 6.45) is 7.41. The summed E-state index contributed by atoms with van der Waals surface area (Å²) in [6, 6.07) is 20.0. The van der Waals surface area contributed by atoms with E-state index < -0.39 is 23.0 Å². The number of phenolic OH excluding ortho intramolecular Hbond substituents is 1. The van der Waals surface area contributed by atoms with E-state index >= 15 is 0 Å². The van der Waals surface area contributed by atoms with Crippen molar-refractivity contribution >= 4 is 63.6 Å². The maximum atomic E-state index is 13.6. The van der Waals surface area contributed by atoms with Gasteiger partial charge < -0.3 is 30.5 Å². The summed E-state index contributed by atoms with van der Waals surface area (Å²) in [7, 11) is 2.79. The molecule has 4 aromatic rings. The fourth-order valence-electron chi connectivity index (χ4n) is 5.56. The number of thiophene rings is 1. The zero-order valence-electron chi connectivity index (χ0n) is 28.0. The number of hydrogen-bond donors (Lipinski definition) is 4. The van der Waals surface area contributed by atoms with Crippen molar-refractivity contribution in [2.24, 2.45) is 0 Å². The molecule has 0 aliphatic heterocycles. The van der Waals surface area contributed by atoms with Gasteiger partial charge >= 0.3 is 5.97 Å². The van der Waals surface area contributed by atoms with Gasteiger partial charge in [0.25, 0.3) is 11.8 Å². The van der Waals surface area contributed by atoms with Gasteiger partial charge in [-0.2, -0.15) is 0 Å². The summed E-state index contributed by atoms with van der Waals surface area (Å²) >= 11 is 2.75. The molecule has 50 heavy (non-hydrogen) atoms. The molecule has 10 nitrogen and oxygen atoms in total. The van der Waals surface area contributed by atoms with Gasteiger partial charge in [-0.15, -0.1) is 23.1 Å². The molecule has 0 saturated carbocycles. The van der Waals surface area contributed by atoms with Crippen molar-refractivity contribution in [2.75, 3.05) is 24.9 Å². The molecule has 0 fully saturated rings. The second kappa shape index (κ2) is 17.0. The molecule has 0 spiro atoms. The van der Waals surface area contributed by atoms with Crippen LogP contribution in [-0.2, 0) is 27.2 Å². The van der Waals surface area contributed by atoms with Crippen molar-refractivity contribution < 1.29 is 33.8 Å². The first-order valence-corrected chi connectivity index (χ1v) is 17.9. The van der Waals surface area contributed by atoms with E-state index in [4.69, 9.17) is 9.47 Å². The number of anilines is 2. The minimum absolute atomic E-state index is 0.0141. The summed E-state index contributed by atoms with van der Waals surface area (Å²) in [5.74, 6) is -1.50. The van der Waals surface area contributed by atoms with Crippen molar-refractivity contribution in [1.29, 1.82) is 0 Å². The lowest BCUT2D eigenvalue weighted by molar-refractivity contribution is -0.115. The first kappa shape index (κ1) is 36.2. The molecule has 12 heteroatoms. The number of nitrogens with one attached hydrogen (secondary N) is 3. The van der Waals surface area contributed by atoms with E-state index in [1.54, 1.807) is 61.5 Å². The number of esters is 1. The van der Waals surface area contributed by atoms with Crippen LogP contribution in [0.3, 0.4) is 0 Å². The largest absolute Gasteiger partial charge is 0.508 e. The Morgan fingerprint density at radius 1 is 0.900 bits per heavy atom. The topological polar surface area (TPSA) is 143 Å².